The second-order valence-corrected chi connectivity index (χ2v) is 4.32. The number of methoxy groups -OCH3 is 1. The average Bonchev–Trinajstić information content (AvgIpc) is 2.34. The Kier molecular flexibility index (Phi) is 6.42. The summed E-state index contributed by atoms with van der Waals surface area (Å²) < 4.78 is 5.05. The molecule has 0 aliphatic carbocycles. The second-order valence-electron chi connectivity index (χ2n) is 4.32. The largest absolute Gasteiger partial charge is 0.383 e. The van der Waals surface area contributed by atoms with Gasteiger partial charge in [-0.1, -0.05) is 13.3 Å². The van der Waals surface area contributed by atoms with E-state index in [0.29, 0.717) is 12.3 Å². The van der Waals surface area contributed by atoms with E-state index in [-0.39, 0.29) is 0 Å². The van der Waals surface area contributed by atoms with E-state index in [1.165, 1.54) is 0 Å². The van der Waals surface area contributed by atoms with E-state index < -0.39 is 0 Å². The maximum Gasteiger partial charge on any atom is 0.222 e. The van der Waals surface area contributed by atoms with Gasteiger partial charge in [0.05, 0.1) is 6.61 Å². The summed E-state index contributed by atoms with van der Waals surface area (Å²) in [6.45, 7) is 7.62. The minimum atomic E-state index is 0.327. The molecular weight excluding hydrogens is 204 g/mol. The molecule has 4 nitrogen and oxygen atoms in total. The van der Waals surface area contributed by atoms with Crippen LogP contribution < -0.4 is 0 Å². The van der Waals surface area contributed by atoms with Crippen LogP contribution in [0.25, 0.3) is 0 Å². The minimum absolute atomic E-state index is 0.327. The van der Waals surface area contributed by atoms with Crippen molar-refractivity contribution in [2.75, 3.05) is 46.4 Å². The number of unbranched alkanes of at least 4 members (excludes halogenated alkanes) is 1. The summed E-state index contributed by atoms with van der Waals surface area (Å²) in [4.78, 5) is 16.1. The van der Waals surface area contributed by atoms with E-state index in [1.54, 1.807) is 7.11 Å². The molecule has 0 N–H and O–H groups in total. The highest BCUT2D eigenvalue weighted by molar-refractivity contribution is 5.76. The molecule has 4 heteroatoms. The molecule has 0 aromatic heterocycles. The Morgan fingerprint density at radius 1 is 1.25 bits per heavy atom. The average molecular weight is 228 g/mol. The fourth-order valence-electron chi connectivity index (χ4n) is 1.93. The Hall–Kier alpha value is -0.610. The van der Waals surface area contributed by atoms with Crippen LogP contribution in [-0.4, -0.2) is 62.1 Å². The third kappa shape index (κ3) is 4.49. The smallest absolute Gasteiger partial charge is 0.222 e. The van der Waals surface area contributed by atoms with Crippen molar-refractivity contribution in [2.24, 2.45) is 0 Å². The van der Waals surface area contributed by atoms with Gasteiger partial charge in [0.2, 0.25) is 5.91 Å². The standard InChI is InChI=1S/C12H24N2O2/c1-3-4-5-12(15)14-8-6-13(7-9-14)10-11-16-2/h3-11H2,1-2H3. The SMILES string of the molecule is CCCCC(=O)N1CCN(CCOC)CC1. The fourth-order valence-corrected chi connectivity index (χ4v) is 1.93. The number of carbonyl (C=O) groups excluding carboxylic acids is 1. The van der Waals surface area contributed by atoms with Gasteiger partial charge >= 0.3 is 0 Å². The number of piperazine rings is 1. The molecule has 16 heavy (non-hydrogen) atoms. The van der Waals surface area contributed by atoms with Crippen LogP contribution in [0.15, 0.2) is 0 Å². The van der Waals surface area contributed by atoms with Crippen molar-refractivity contribution in [3.8, 4) is 0 Å². The first kappa shape index (κ1) is 13.5. The van der Waals surface area contributed by atoms with Gasteiger partial charge in [-0.25, -0.2) is 0 Å². The zero-order chi connectivity index (χ0) is 11.8. The van der Waals surface area contributed by atoms with Gasteiger partial charge in [-0.05, 0) is 6.42 Å². The van der Waals surface area contributed by atoms with Crippen molar-refractivity contribution in [1.82, 2.24) is 9.80 Å². The van der Waals surface area contributed by atoms with E-state index in [0.717, 1.165) is 52.2 Å². The number of carbonyl (C=O) groups is 1. The van der Waals surface area contributed by atoms with Crippen LogP contribution in [0.2, 0.25) is 0 Å². The third-order valence-electron chi connectivity index (χ3n) is 3.08. The van der Waals surface area contributed by atoms with Crippen molar-refractivity contribution in [1.29, 1.82) is 0 Å². The van der Waals surface area contributed by atoms with Gasteiger partial charge in [0.15, 0.2) is 0 Å². The van der Waals surface area contributed by atoms with Crippen LogP contribution in [0.5, 0.6) is 0 Å². The van der Waals surface area contributed by atoms with Crippen LogP contribution in [0, 0.1) is 0 Å². The molecule has 1 rings (SSSR count). The van der Waals surface area contributed by atoms with E-state index in [9.17, 15) is 4.79 Å². The lowest BCUT2D eigenvalue weighted by Gasteiger charge is -2.34. The molecule has 1 aliphatic heterocycles. The maximum atomic E-state index is 11.8. The first-order valence-corrected chi connectivity index (χ1v) is 6.27. The number of nitrogens with zero attached hydrogens (tertiary/aromatic N) is 2. The summed E-state index contributed by atoms with van der Waals surface area (Å²) >= 11 is 0. The maximum absolute atomic E-state index is 11.8. The summed E-state index contributed by atoms with van der Waals surface area (Å²) in [5, 5.41) is 0. The van der Waals surface area contributed by atoms with Crippen LogP contribution in [0.1, 0.15) is 26.2 Å². The Morgan fingerprint density at radius 3 is 2.50 bits per heavy atom. The van der Waals surface area contributed by atoms with Gasteiger partial charge in [-0.3, -0.25) is 9.69 Å². The number of ether oxygens (including phenoxy) is 1. The van der Waals surface area contributed by atoms with E-state index in [1.807, 2.05) is 4.90 Å². The summed E-state index contributed by atoms with van der Waals surface area (Å²) in [5.41, 5.74) is 0. The molecular formula is C12H24N2O2. The first-order chi connectivity index (χ1) is 7.77. The molecule has 1 fully saturated rings. The van der Waals surface area contributed by atoms with Crippen LogP contribution in [0.3, 0.4) is 0 Å². The molecule has 1 amide bonds. The Labute approximate surface area is 98.5 Å². The van der Waals surface area contributed by atoms with Gasteiger partial charge < -0.3 is 9.64 Å². The molecule has 94 valence electrons. The molecule has 0 aromatic rings. The number of amides is 1. The normalized spacial score (nSPS) is 17.8. The molecule has 0 aromatic carbocycles. The van der Waals surface area contributed by atoms with Crippen molar-refractivity contribution < 1.29 is 9.53 Å². The van der Waals surface area contributed by atoms with Crippen molar-refractivity contribution in [2.45, 2.75) is 26.2 Å². The fraction of sp³-hybridized carbons (Fsp3) is 0.917. The van der Waals surface area contributed by atoms with Crippen molar-refractivity contribution in [3.63, 3.8) is 0 Å². The zero-order valence-corrected chi connectivity index (χ0v) is 10.6. The Balaban J connectivity index is 2.18. The molecule has 0 radical (unpaired) electrons. The molecule has 0 spiro atoms. The second kappa shape index (κ2) is 7.63. The highest BCUT2D eigenvalue weighted by atomic mass is 16.5. The topological polar surface area (TPSA) is 32.8 Å². The molecule has 0 saturated carbocycles. The van der Waals surface area contributed by atoms with Gasteiger partial charge in [0.25, 0.3) is 0 Å². The molecule has 1 aliphatic rings. The van der Waals surface area contributed by atoms with Gasteiger partial charge in [0, 0.05) is 46.3 Å². The minimum Gasteiger partial charge on any atom is -0.383 e. The number of hydrogen-bond donors (Lipinski definition) is 0. The predicted octanol–water partition coefficient (Wildman–Crippen LogP) is 0.967. The highest BCUT2D eigenvalue weighted by Crippen LogP contribution is 2.05. The molecule has 0 bridgehead atoms. The summed E-state index contributed by atoms with van der Waals surface area (Å²) in [6.07, 6.45) is 2.83. The highest BCUT2D eigenvalue weighted by Gasteiger charge is 2.19. The lowest BCUT2D eigenvalue weighted by molar-refractivity contribution is -0.133. The lowest BCUT2D eigenvalue weighted by atomic mass is 10.2. The number of rotatable bonds is 6. The van der Waals surface area contributed by atoms with Crippen LogP contribution in [0.4, 0.5) is 0 Å². The lowest BCUT2D eigenvalue weighted by Crippen LogP contribution is -2.49. The quantitative estimate of drug-likeness (QED) is 0.679. The van der Waals surface area contributed by atoms with Gasteiger partial charge in [-0.2, -0.15) is 0 Å². The van der Waals surface area contributed by atoms with Crippen molar-refractivity contribution >= 4 is 5.91 Å². The van der Waals surface area contributed by atoms with E-state index >= 15 is 0 Å². The van der Waals surface area contributed by atoms with Crippen LogP contribution in [-0.2, 0) is 9.53 Å². The molecule has 0 unspecified atom stereocenters. The predicted molar refractivity (Wildman–Crippen MR) is 64.4 cm³/mol. The molecule has 0 atom stereocenters. The van der Waals surface area contributed by atoms with E-state index in [4.69, 9.17) is 4.74 Å². The molecule has 1 saturated heterocycles. The zero-order valence-electron chi connectivity index (χ0n) is 10.6. The summed E-state index contributed by atoms with van der Waals surface area (Å²) in [7, 11) is 1.73. The Morgan fingerprint density at radius 2 is 1.94 bits per heavy atom. The first-order valence-electron chi connectivity index (χ1n) is 6.27. The molecule has 1 heterocycles. The van der Waals surface area contributed by atoms with Gasteiger partial charge in [-0.15, -0.1) is 0 Å². The summed E-state index contributed by atoms with van der Waals surface area (Å²) in [6, 6.07) is 0. The third-order valence-corrected chi connectivity index (χ3v) is 3.08. The summed E-state index contributed by atoms with van der Waals surface area (Å²) in [5.74, 6) is 0.327. The van der Waals surface area contributed by atoms with E-state index in [2.05, 4.69) is 11.8 Å². The monoisotopic (exact) mass is 228 g/mol. The van der Waals surface area contributed by atoms with Gasteiger partial charge in [0.1, 0.15) is 0 Å². The van der Waals surface area contributed by atoms with Crippen LogP contribution >= 0.6 is 0 Å². The van der Waals surface area contributed by atoms with Crippen molar-refractivity contribution in [3.05, 3.63) is 0 Å². The Bertz CT molecular complexity index is 201. The number of hydrogen-bond acceptors (Lipinski definition) is 3.